The van der Waals surface area contributed by atoms with Crippen molar-refractivity contribution in [3.8, 4) is 0 Å². The molecule has 3 N–H and O–H groups in total. The molecule has 1 heterocycles. The van der Waals surface area contributed by atoms with Gasteiger partial charge in [-0.15, -0.1) is 0 Å². The van der Waals surface area contributed by atoms with Gasteiger partial charge in [0, 0.05) is 18.8 Å². The van der Waals surface area contributed by atoms with Crippen LogP contribution >= 0.6 is 0 Å². The summed E-state index contributed by atoms with van der Waals surface area (Å²) in [6.45, 7) is 6.87. The Morgan fingerprint density at radius 3 is 2.50 bits per heavy atom. The first-order chi connectivity index (χ1) is 14.1. The number of aliphatic hydroxyl groups is 2. The molecule has 6 nitrogen and oxygen atoms in total. The first-order valence-corrected chi connectivity index (χ1v) is 12.1. The van der Waals surface area contributed by atoms with Crippen LogP contribution in [-0.2, 0) is 4.79 Å². The molecule has 0 bridgehead atoms. The van der Waals surface area contributed by atoms with Gasteiger partial charge >= 0.3 is 5.97 Å². The first-order valence-electron chi connectivity index (χ1n) is 12.1. The fraction of sp³-hybridized carbons (Fsp3) is 0.958. The molecule has 0 saturated heterocycles. The molecule has 4 saturated carbocycles. The lowest BCUT2D eigenvalue weighted by atomic mass is 9.42. The molecule has 10 atom stereocenters. The smallest absolute Gasteiger partial charge is 0.303 e. The predicted molar refractivity (Wildman–Crippen MR) is 112 cm³/mol. The van der Waals surface area contributed by atoms with Gasteiger partial charge in [0.15, 0.2) is 5.66 Å². The minimum absolute atomic E-state index is 0.151. The SMILES string of the molecule is C[C@H](CCC(=O)O)[C@H]1CC[C@H]2[C@@H]3[C@H](C[C@H](O)[C@]12C)[C@@]1(C)CC[C@@H](O)C[C@H]1CC31N=N1. The Hall–Kier alpha value is -1.01. The number of aliphatic hydroxyl groups excluding tert-OH is 2. The summed E-state index contributed by atoms with van der Waals surface area (Å²) in [6, 6.07) is 0. The van der Waals surface area contributed by atoms with E-state index in [0.717, 1.165) is 44.9 Å². The summed E-state index contributed by atoms with van der Waals surface area (Å²) in [5.41, 5.74) is -0.313. The fourth-order valence-electron chi connectivity index (χ4n) is 8.99. The molecule has 30 heavy (non-hydrogen) atoms. The average Bonchev–Trinajstić information content (AvgIpc) is 3.35. The van der Waals surface area contributed by atoms with Crippen LogP contribution in [0.4, 0.5) is 0 Å². The van der Waals surface area contributed by atoms with Crippen LogP contribution in [0.3, 0.4) is 0 Å². The minimum Gasteiger partial charge on any atom is -0.481 e. The van der Waals surface area contributed by atoms with Crippen molar-refractivity contribution < 1.29 is 20.1 Å². The maximum absolute atomic E-state index is 11.6. The number of fused-ring (bicyclic) bond motifs is 6. The van der Waals surface area contributed by atoms with E-state index in [1.165, 1.54) is 0 Å². The summed E-state index contributed by atoms with van der Waals surface area (Å²) < 4.78 is 0. The Bertz CT molecular complexity index is 749. The molecule has 1 spiro atoms. The van der Waals surface area contributed by atoms with Gasteiger partial charge in [-0.05, 0) is 85.4 Å². The molecule has 6 heteroatoms. The number of carboxylic acid groups (broad SMARTS) is 1. The predicted octanol–water partition coefficient (Wildman–Crippen LogP) is 4.25. The van der Waals surface area contributed by atoms with Gasteiger partial charge < -0.3 is 15.3 Å². The molecule has 0 amide bonds. The first kappa shape index (κ1) is 20.9. The van der Waals surface area contributed by atoms with Gasteiger partial charge in [0.05, 0.1) is 12.2 Å². The summed E-state index contributed by atoms with van der Waals surface area (Å²) in [6.07, 6.45) is 6.98. The molecule has 0 aromatic heterocycles. The largest absolute Gasteiger partial charge is 0.481 e. The summed E-state index contributed by atoms with van der Waals surface area (Å²) in [5, 5.41) is 40.4. The molecule has 5 rings (SSSR count). The van der Waals surface area contributed by atoms with Crippen LogP contribution in [0.1, 0.15) is 78.6 Å². The van der Waals surface area contributed by atoms with Crippen molar-refractivity contribution >= 4 is 5.97 Å². The number of aliphatic carboxylic acids is 1. The van der Waals surface area contributed by atoms with E-state index in [1.54, 1.807) is 0 Å². The molecule has 168 valence electrons. The topological polar surface area (TPSA) is 102 Å². The zero-order chi connectivity index (χ0) is 21.5. The van der Waals surface area contributed by atoms with E-state index in [0.29, 0.717) is 41.9 Å². The fourth-order valence-corrected chi connectivity index (χ4v) is 8.99. The molecule has 0 aromatic carbocycles. The van der Waals surface area contributed by atoms with Gasteiger partial charge in [-0.1, -0.05) is 20.8 Å². The van der Waals surface area contributed by atoms with Crippen molar-refractivity contribution in [3.63, 3.8) is 0 Å². The lowest BCUT2D eigenvalue weighted by molar-refractivity contribution is -0.187. The molecular weight excluding hydrogens is 380 g/mol. The molecular formula is C24H38N2O4. The summed E-state index contributed by atoms with van der Waals surface area (Å²) in [7, 11) is 0. The van der Waals surface area contributed by atoms with Crippen molar-refractivity contribution in [1.82, 2.24) is 0 Å². The van der Waals surface area contributed by atoms with E-state index in [2.05, 4.69) is 31.0 Å². The van der Waals surface area contributed by atoms with E-state index in [-0.39, 0.29) is 35.1 Å². The number of carboxylic acids is 1. The van der Waals surface area contributed by atoms with Crippen molar-refractivity contribution in [2.75, 3.05) is 0 Å². The molecule has 5 aliphatic rings. The van der Waals surface area contributed by atoms with Crippen LogP contribution in [-0.4, -0.2) is 39.2 Å². The van der Waals surface area contributed by atoms with E-state index >= 15 is 0 Å². The van der Waals surface area contributed by atoms with Gasteiger partial charge in [-0.25, -0.2) is 0 Å². The maximum atomic E-state index is 11.6. The number of rotatable bonds is 4. The standard InChI is InChI=1S/C24H38N2O4/c1-13(4-7-20(29)30)16-5-6-17-21-18(11-19(28)23(16,17)3)22(2)9-8-15(27)10-14(22)12-24(21)25-26-24/h13-19,21,27-28H,4-12H2,1-3H3,(H,29,30)/t13-,14+,15-,16-,17+,18+,19+,21-,22+,23-/m1/s1. The van der Waals surface area contributed by atoms with Gasteiger partial charge in [-0.2, -0.15) is 10.2 Å². The third-order valence-corrected chi connectivity index (χ3v) is 10.7. The average molecular weight is 419 g/mol. The van der Waals surface area contributed by atoms with E-state index in [4.69, 9.17) is 5.11 Å². The summed E-state index contributed by atoms with van der Waals surface area (Å²) in [5.74, 6) is 1.53. The third-order valence-electron chi connectivity index (χ3n) is 10.7. The van der Waals surface area contributed by atoms with Crippen LogP contribution in [0.5, 0.6) is 0 Å². The highest BCUT2D eigenvalue weighted by atomic mass is 16.4. The Morgan fingerprint density at radius 1 is 1.10 bits per heavy atom. The van der Waals surface area contributed by atoms with Crippen molar-refractivity contribution in [2.24, 2.45) is 56.6 Å². The minimum atomic E-state index is -0.730. The lowest BCUT2D eigenvalue weighted by Gasteiger charge is -2.63. The van der Waals surface area contributed by atoms with Crippen molar-refractivity contribution in [1.29, 1.82) is 0 Å². The quantitative estimate of drug-likeness (QED) is 0.635. The zero-order valence-electron chi connectivity index (χ0n) is 18.6. The number of hydrogen-bond donors (Lipinski definition) is 3. The van der Waals surface area contributed by atoms with Crippen LogP contribution < -0.4 is 0 Å². The van der Waals surface area contributed by atoms with Crippen molar-refractivity contribution in [3.05, 3.63) is 0 Å². The van der Waals surface area contributed by atoms with Gasteiger partial charge in [-0.3, -0.25) is 4.79 Å². The van der Waals surface area contributed by atoms with E-state index in [9.17, 15) is 15.0 Å². The number of nitrogens with zero attached hydrogens (tertiary/aromatic N) is 2. The number of carbonyl (C=O) groups is 1. The summed E-state index contributed by atoms with van der Waals surface area (Å²) in [4.78, 5) is 11.1. The Labute approximate surface area is 179 Å². The monoisotopic (exact) mass is 418 g/mol. The van der Waals surface area contributed by atoms with Gasteiger partial charge in [0.2, 0.25) is 0 Å². The van der Waals surface area contributed by atoms with E-state index < -0.39 is 5.97 Å². The normalized spacial score (nSPS) is 51.7. The van der Waals surface area contributed by atoms with Crippen LogP contribution in [0.2, 0.25) is 0 Å². The van der Waals surface area contributed by atoms with Crippen LogP contribution in [0.25, 0.3) is 0 Å². The Kier molecular flexibility index (Phi) is 4.69. The molecule has 0 radical (unpaired) electrons. The molecule has 0 aromatic rings. The second-order valence-corrected chi connectivity index (χ2v) is 11.9. The van der Waals surface area contributed by atoms with Crippen molar-refractivity contribution in [2.45, 2.75) is 96.4 Å². The highest BCUT2D eigenvalue weighted by Gasteiger charge is 2.72. The van der Waals surface area contributed by atoms with Gasteiger partial charge in [0.25, 0.3) is 0 Å². The number of hydrogen-bond acceptors (Lipinski definition) is 5. The second-order valence-electron chi connectivity index (χ2n) is 11.9. The molecule has 4 aliphatic carbocycles. The highest BCUT2D eigenvalue weighted by molar-refractivity contribution is 5.66. The highest BCUT2D eigenvalue weighted by Crippen LogP contribution is 2.72. The molecule has 4 fully saturated rings. The zero-order valence-corrected chi connectivity index (χ0v) is 18.6. The Balaban J connectivity index is 1.46. The van der Waals surface area contributed by atoms with E-state index in [1.807, 2.05) is 0 Å². The third kappa shape index (κ3) is 2.78. The lowest BCUT2D eigenvalue weighted by Crippen LogP contribution is -2.63. The Morgan fingerprint density at radius 2 is 1.83 bits per heavy atom. The molecule has 1 aliphatic heterocycles. The second kappa shape index (κ2) is 6.74. The van der Waals surface area contributed by atoms with Crippen LogP contribution in [0.15, 0.2) is 10.2 Å². The van der Waals surface area contributed by atoms with Gasteiger partial charge in [0.1, 0.15) is 0 Å². The maximum Gasteiger partial charge on any atom is 0.303 e. The summed E-state index contributed by atoms with van der Waals surface area (Å²) >= 11 is 0. The molecule has 0 unspecified atom stereocenters. The van der Waals surface area contributed by atoms with Crippen LogP contribution in [0, 0.1) is 46.3 Å².